The van der Waals surface area contributed by atoms with Crippen LogP contribution in [0.2, 0.25) is 0 Å². The highest BCUT2D eigenvalue weighted by Gasteiger charge is 2.34. The Labute approximate surface area is 167 Å². The molecule has 7 heteroatoms. The molecule has 3 rings (SSSR count). The lowest BCUT2D eigenvalue weighted by Crippen LogP contribution is -2.41. The molecule has 144 valence electrons. The van der Waals surface area contributed by atoms with Gasteiger partial charge in [0.05, 0.1) is 4.91 Å². The third-order valence-corrected chi connectivity index (χ3v) is 4.94. The quantitative estimate of drug-likeness (QED) is 0.727. The minimum absolute atomic E-state index is 0.112. The molecule has 1 N–H and O–H groups in total. The number of para-hydroxylation sites is 1. The van der Waals surface area contributed by atoms with Crippen LogP contribution in [0.15, 0.2) is 65.6 Å². The lowest BCUT2D eigenvalue weighted by Gasteiger charge is -2.16. The van der Waals surface area contributed by atoms with Crippen molar-refractivity contribution in [2.24, 2.45) is 0 Å². The average molecular weight is 396 g/mol. The molecule has 0 radical (unpaired) electrons. The average Bonchev–Trinajstić information content (AvgIpc) is 2.96. The van der Waals surface area contributed by atoms with Crippen molar-refractivity contribution in [3.63, 3.8) is 0 Å². The zero-order valence-corrected chi connectivity index (χ0v) is 16.1. The van der Waals surface area contributed by atoms with Gasteiger partial charge in [-0.05, 0) is 42.5 Å². The summed E-state index contributed by atoms with van der Waals surface area (Å²) in [5, 5.41) is 2.36. The van der Waals surface area contributed by atoms with Crippen LogP contribution in [0.25, 0.3) is 6.08 Å². The fraction of sp³-hybridized carbons (Fsp3) is 0.190. The zero-order chi connectivity index (χ0) is 19.9. The summed E-state index contributed by atoms with van der Waals surface area (Å²) in [7, 11) is 0. The number of imide groups is 1. The first kappa shape index (κ1) is 19.7. The van der Waals surface area contributed by atoms with Crippen molar-refractivity contribution in [2.75, 3.05) is 13.1 Å². The van der Waals surface area contributed by atoms with Gasteiger partial charge in [0.15, 0.2) is 6.10 Å². The molecule has 2 aromatic rings. The number of benzene rings is 2. The summed E-state index contributed by atoms with van der Waals surface area (Å²) in [6, 6.07) is 18.4. The van der Waals surface area contributed by atoms with Gasteiger partial charge in [0, 0.05) is 13.1 Å². The molecule has 3 amide bonds. The molecule has 1 aliphatic heterocycles. The van der Waals surface area contributed by atoms with Crippen molar-refractivity contribution in [3.8, 4) is 5.75 Å². The summed E-state index contributed by atoms with van der Waals surface area (Å²) < 4.78 is 5.55. The Morgan fingerprint density at radius 3 is 2.43 bits per heavy atom. The minimum Gasteiger partial charge on any atom is -0.481 e. The summed E-state index contributed by atoms with van der Waals surface area (Å²) >= 11 is 0.905. The minimum atomic E-state index is -0.685. The van der Waals surface area contributed by atoms with E-state index in [0.717, 1.165) is 22.2 Å². The number of thioether (sulfide) groups is 1. The van der Waals surface area contributed by atoms with Crippen LogP contribution in [0.5, 0.6) is 5.75 Å². The zero-order valence-electron chi connectivity index (χ0n) is 15.3. The van der Waals surface area contributed by atoms with Gasteiger partial charge < -0.3 is 10.1 Å². The van der Waals surface area contributed by atoms with Crippen LogP contribution in [0.1, 0.15) is 12.5 Å². The first-order valence-corrected chi connectivity index (χ1v) is 9.66. The number of nitrogens with one attached hydrogen (secondary N) is 1. The van der Waals surface area contributed by atoms with Crippen LogP contribution in [0, 0.1) is 0 Å². The molecule has 1 atom stereocenters. The first-order chi connectivity index (χ1) is 13.5. The lowest BCUT2D eigenvalue weighted by atomic mass is 10.2. The maximum atomic E-state index is 12.4. The topological polar surface area (TPSA) is 75.7 Å². The van der Waals surface area contributed by atoms with Gasteiger partial charge in [0.25, 0.3) is 17.1 Å². The number of hydrogen-bond acceptors (Lipinski definition) is 5. The molecule has 1 aliphatic rings. The third kappa shape index (κ3) is 5.01. The molecule has 1 unspecified atom stereocenters. The van der Waals surface area contributed by atoms with Gasteiger partial charge in [0.1, 0.15) is 5.75 Å². The summed E-state index contributed by atoms with van der Waals surface area (Å²) in [5.74, 6) is -0.0560. The fourth-order valence-electron chi connectivity index (χ4n) is 2.58. The van der Waals surface area contributed by atoms with Crippen LogP contribution in [-0.4, -0.2) is 41.1 Å². The number of amides is 3. The summed E-state index contributed by atoms with van der Waals surface area (Å²) in [5.41, 5.74) is 0.855. The van der Waals surface area contributed by atoms with E-state index in [1.165, 1.54) is 0 Å². The van der Waals surface area contributed by atoms with E-state index in [0.29, 0.717) is 10.7 Å². The highest BCUT2D eigenvalue weighted by Crippen LogP contribution is 2.31. The Balaban J connectivity index is 1.50. The van der Waals surface area contributed by atoms with Crippen LogP contribution < -0.4 is 10.1 Å². The van der Waals surface area contributed by atoms with E-state index in [4.69, 9.17) is 4.74 Å². The number of carbonyl (C=O) groups excluding carboxylic acids is 3. The fourth-order valence-corrected chi connectivity index (χ4v) is 3.45. The Morgan fingerprint density at radius 2 is 1.75 bits per heavy atom. The van der Waals surface area contributed by atoms with E-state index >= 15 is 0 Å². The van der Waals surface area contributed by atoms with Crippen molar-refractivity contribution in [1.82, 2.24) is 10.2 Å². The van der Waals surface area contributed by atoms with E-state index < -0.39 is 6.10 Å². The molecule has 1 saturated heterocycles. The maximum absolute atomic E-state index is 12.4. The normalized spacial score (nSPS) is 16.3. The largest absolute Gasteiger partial charge is 0.481 e. The molecule has 0 aromatic heterocycles. The van der Waals surface area contributed by atoms with Crippen molar-refractivity contribution < 1.29 is 19.1 Å². The third-order valence-electron chi connectivity index (χ3n) is 4.03. The molecule has 0 saturated carbocycles. The highest BCUT2D eigenvalue weighted by molar-refractivity contribution is 8.18. The van der Waals surface area contributed by atoms with Crippen LogP contribution in [0.3, 0.4) is 0 Å². The Hall–Kier alpha value is -3.06. The second kappa shape index (κ2) is 9.23. The van der Waals surface area contributed by atoms with Gasteiger partial charge in [-0.3, -0.25) is 19.3 Å². The van der Waals surface area contributed by atoms with Crippen LogP contribution in [0.4, 0.5) is 4.79 Å². The Bertz CT molecular complexity index is 884. The Morgan fingerprint density at radius 1 is 1.11 bits per heavy atom. The second-order valence-electron chi connectivity index (χ2n) is 6.11. The van der Waals surface area contributed by atoms with E-state index in [1.54, 1.807) is 25.1 Å². The monoisotopic (exact) mass is 396 g/mol. The van der Waals surface area contributed by atoms with Crippen molar-refractivity contribution in [2.45, 2.75) is 13.0 Å². The Kier molecular flexibility index (Phi) is 6.49. The lowest BCUT2D eigenvalue weighted by molar-refractivity contribution is -0.128. The van der Waals surface area contributed by atoms with E-state index in [1.807, 2.05) is 48.5 Å². The summed E-state index contributed by atoms with van der Waals surface area (Å²) in [6.45, 7) is 1.92. The molecule has 1 heterocycles. The van der Waals surface area contributed by atoms with Crippen molar-refractivity contribution >= 4 is 34.9 Å². The van der Waals surface area contributed by atoms with Gasteiger partial charge in [0.2, 0.25) is 0 Å². The van der Waals surface area contributed by atoms with E-state index in [9.17, 15) is 14.4 Å². The predicted molar refractivity (Wildman–Crippen MR) is 109 cm³/mol. The van der Waals surface area contributed by atoms with Gasteiger partial charge in [-0.1, -0.05) is 48.5 Å². The number of ether oxygens (including phenoxy) is 1. The van der Waals surface area contributed by atoms with Gasteiger partial charge in [-0.25, -0.2) is 0 Å². The van der Waals surface area contributed by atoms with Gasteiger partial charge in [-0.15, -0.1) is 0 Å². The first-order valence-electron chi connectivity index (χ1n) is 8.84. The van der Waals surface area contributed by atoms with Crippen molar-refractivity contribution in [1.29, 1.82) is 0 Å². The molecular formula is C21H20N2O4S. The molecule has 0 aliphatic carbocycles. The summed E-state index contributed by atoms with van der Waals surface area (Å²) in [6.07, 6.45) is 1.01. The molecule has 0 spiro atoms. The standard InChI is InChI=1S/C21H20N2O4S/c1-15(27-17-10-6-3-7-11-17)19(24)22-12-13-23-20(25)18(28-21(23)26)14-16-8-4-2-5-9-16/h2-11,14-15H,12-13H2,1H3,(H,22,24). The number of nitrogens with zero attached hydrogens (tertiary/aromatic N) is 1. The van der Waals surface area contributed by atoms with E-state index in [2.05, 4.69) is 5.32 Å². The van der Waals surface area contributed by atoms with Gasteiger partial charge >= 0.3 is 0 Å². The molecule has 2 aromatic carbocycles. The number of carbonyl (C=O) groups is 3. The number of hydrogen-bond donors (Lipinski definition) is 1. The second-order valence-corrected chi connectivity index (χ2v) is 7.10. The maximum Gasteiger partial charge on any atom is 0.293 e. The summed E-state index contributed by atoms with van der Waals surface area (Å²) in [4.78, 5) is 38.2. The smallest absolute Gasteiger partial charge is 0.293 e. The SMILES string of the molecule is CC(Oc1ccccc1)C(=O)NCCN1C(=O)SC(=Cc2ccccc2)C1=O. The molecule has 28 heavy (non-hydrogen) atoms. The molecular weight excluding hydrogens is 376 g/mol. The number of rotatable bonds is 7. The van der Waals surface area contributed by atoms with Crippen LogP contribution >= 0.6 is 11.8 Å². The van der Waals surface area contributed by atoms with Crippen LogP contribution in [-0.2, 0) is 9.59 Å². The molecule has 0 bridgehead atoms. The highest BCUT2D eigenvalue weighted by atomic mass is 32.2. The molecule has 1 fully saturated rings. The molecule has 6 nitrogen and oxygen atoms in total. The predicted octanol–water partition coefficient (Wildman–Crippen LogP) is 3.31. The van der Waals surface area contributed by atoms with E-state index in [-0.39, 0.29) is 30.1 Å². The van der Waals surface area contributed by atoms with Crippen molar-refractivity contribution in [3.05, 3.63) is 71.1 Å². The van der Waals surface area contributed by atoms with Gasteiger partial charge in [-0.2, -0.15) is 0 Å².